The van der Waals surface area contributed by atoms with Crippen molar-refractivity contribution in [2.24, 2.45) is 5.84 Å². The van der Waals surface area contributed by atoms with E-state index in [0.717, 1.165) is 6.42 Å². The number of hydrogen-bond donors (Lipinski definition) is 2. The summed E-state index contributed by atoms with van der Waals surface area (Å²) in [6, 6.07) is 7.06. The Labute approximate surface area is 112 Å². The van der Waals surface area contributed by atoms with Crippen LogP contribution in [0.15, 0.2) is 18.2 Å². The Bertz CT molecular complexity index is 347. The second-order valence-electron chi connectivity index (χ2n) is 5.35. The van der Waals surface area contributed by atoms with Gasteiger partial charge in [-0.15, -0.1) is 0 Å². The summed E-state index contributed by atoms with van der Waals surface area (Å²) in [7, 11) is 0. The zero-order chi connectivity index (χ0) is 13.4. The third kappa shape index (κ3) is 5.19. The lowest BCUT2D eigenvalue weighted by Gasteiger charge is -2.17. The predicted octanol–water partition coefficient (Wildman–Crippen LogP) is 3.65. The van der Waals surface area contributed by atoms with Crippen molar-refractivity contribution in [2.75, 3.05) is 0 Å². The maximum Gasteiger partial charge on any atom is 0.0251 e. The molecule has 1 unspecified atom stereocenters. The van der Waals surface area contributed by atoms with E-state index in [1.165, 1.54) is 48.8 Å². The minimum absolute atomic E-state index is 0.405. The molecule has 0 aliphatic carbocycles. The summed E-state index contributed by atoms with van der Waals surface area (Å²) in [6.45, 7) is 6.57. The molecular weight excluding hydrogens is 220 g/mol. The molecule has 0 saturated heterocycles. The van der Waals surface area contributed by atoms with E-state index in [2.05, 4.69) is 44.4 Å². The molecule has 0 aliphatic rings. The van der Waals surface area contributed by atoms with Crippen LogP contribution in [0.25, 0.3) is 0 Å². The van der Waals surface area contributed by atoms with Gasteiger partial charge in [-0.2, -0.15) is 0 Å². The average Bonchev–Trinajstić information content (AvgIpc) is 2.37. The lowest BCUT2D eigenvalue weighted by Crippen LogP contribution is -2.36. The molecule has 1 rings (SSSR count). The van der Waals surface area contributed by atoms with Gasteiger partial charge in [0.25, 0.3) is 0 Å². The van der Waals surface area contributed by atoms with Gasteiger partial charge in [0.15, 0.2) is 0 Å². The molecule has 1 aromatic carbocycles. The molecule has 0 spiro atoms. The highest BCUT2D eigenvalue weighted by atomic mass is 15.2. The first kappa shape index (κ1) is 15.2. The number of hydrogen-bond acceptors (Lipinski definition) is 2. The normalized spacial score (nSPS) is 12.7. The van der Waals surface area contributed by atoms with Crippen LogP contribution in [0.4, 0.5) is 0 Å². The third-order valence-corrected chi connectivity index (χ3v) is 3.61. The van der Waals surface area contributed by atoms with E-state index < -0.39 is 0 Å². The Morgan fingerprint density at radius 3 is 2.61 bits per heavy atom. The standard InChI is InChI=1S/C16H28N2/c1-4-5-6-7-8-16(18-17)12-15-11-13(2)9-10-14(15)3/h9-11,16,18H,4-8,12,17H2,1-3H3. The molecule has 0 bridgehead atoms. The van der Waals surface area contributed by atoms with Crippen LogP contribution in [-0.4, -0.2) is 6.04 Å². The molecule has 0 radical (unpaired) electrons. The third-order valence-electron chi connectivity index (χ3n) is 3.61. The Balaban J connectivity index is 2.48. The molecule has 102 valence electrons. The molecule has 18 heavy (non-hydrogen) atoms. The first-order chi connectivity index (χ1) is 8.67. The fourth-order valence-electron chi connectivity index (χ4n) is 2.35. The maximum atomic E-state index is 5.67. The minimum atomic E-state index is 0.405. The van der Waals surface area contributed by atoms with E-state index in [1.54, 1.807) is 0 Å². The molecule has 2 nitrogen and oxygen atoms in total. The Hall–Kier alpha value is -0.860. The van der Waals surface area contributed by atoms with Crippen molar-refractivity contribution in [3.63, 3.8) is 0 Å². The summed E-state index contributed by atoms with van der Waals surface area (Å²) in [5, 5.41) is 0. The van der Waals surface area contributed by atoms with Gasteiger partial charge in [-0.25, -0.2) is 0 Å². The fraction of sp³-hybridized carbons (Fsp3) is 0.625. The highest BCUT2D eigenvalue weighted by molar-refractivity contribution is 5.31. The molecule has 2 heteroatoms. The van der Waals surface area contributed by atoms with Crippen molar-refractivity contribution in [1.29, 1.82) is 0 Å². The number of benzene rings is 1. The average molecular weight is 248 g/mol. The molecule has 0 fully saturated rings. The Morgan fingerprint density at radius 2 is 1.94 bits per heavy atom. The van der Waals surface area contributed by atoms with Crippen LogP contribution >= 0.6 is 0 Å². The molecule has 0 aliphatic heterocycles. The molecule has 0 aromatic heterocycles. The zero-order valence-electron chi connectivity index (χ0n) is 12.1. The second kappa shape index (κ2) is 8.28. The zero-order valence-corrected chi connectivity index (χ0v) is 12.1. The van der Waals surface area contributed by atoms with Gasteiger partial charge in [0, 0.05) is 6.04 Å². The van der Waals surface area contributed by atoms with E-state index in [-0.39, 0.29) is 0 Å². The van der Waals surface area contributed by atoms with Gasteiger partial charge in [0.05, 0.1) is 0 Å². The monoisotopic (exact) mass is 248 g/mol. The number of nitrogens with two attached hydrogens (primary N) is 1. The van der Waals surface area contributed by atoms with Gasteiger partial charge in [0.1, 0.15) is 0 Å². The first-order valence-corrected chi connectivity index (χ1v) is 7.19. The lowest BCUT2D eigenvalue weighted by molar-refractivity contribution is 0.462. The maximum absolute atomic E-state index is 5.67. The predicted molar refractivity (Wildman–Crippen MR) is 79.5 cm³/mol. The number of nitrogens with one attached hydrogen (secondary N) is 1. The Morgan fingerprint density at radius 1 is 1.17 bits per heavy atom. The summed E-state index contributed by atoms with van der Waals surface area (Å²) >= 11 is 0. The topological polar surface area (TPSA) is 38.0 Å². The van der Waals surface area contributed by atoms with E-state index in [0.29, 0.717) is 6.04 Å². The summed E-state index contributed by atoms with van der Waals surface area (Å²) in [5.74, 6) is 5.67. The first-order valence-electron chi connectivity index (χ1n) is 7.19. The van der Waals surface area contributed by atoms with Gasteiger partial charge in [0.2, 0.25) is 0 Å². The lowest BCUT2D eigenvalue weighted by atomic mass is 9.96. The highest BCUT2D eigenvalue weighted by Gasteiger charge is 2.09. The second-order valence-corrected chi connectivity index (χ2v) is 5.35. The van der Waals surface area contributed by atoms with E-state index in [9.17, 15) is 0 Å². The molecule has 0 heterocycles. The largest absolute Gasteiger partial charge is 0.271 e. The molecule has 0 amide bonds. The minimum Gasteiger partial charge on any atom is -0.271 e. The molecular formula is C16H28N2. The van der Waals surface area contributed by atoms with Gasteiger partial charge in [-0.3, -0.25) is 11.3 Å². The van der Waals surface area contributed by atoms with Crippen molar-refractivity contribution in [3.8, 4) is 0 Å². The van der Waals surface area contributed by atoms with Crippen molar-refractivity contribution >= 4 is 0 Å². The van der Waals surface area contributed by atoms with Crippen LogP contribution in [0.2, 0.25) is 0 Å². The van der Waals surface area contributed by atoms with Crippen LogP contribution in [0, 0.1) is 13.8 Å². The molecule has 3 N–H and O–H groups in total. The van der Waals surface area contributed by atoms with Gasteiger partial charge in [-0.1, -0.05) is 56.4 Å². The van der Waals surface area contributed by atoms with Crippen molar-refractivity contribution < 1.29 is 0 Å². The SMILES string of the molecule is CCCCCCC(Cc1cc(C)ccc1C)NN. The van der Waals surface area contributed by atoms with E-state index in [1.807, 2.05) is 0 Å². The van der Waals surface area contributed by atoms with Crippen LogP contribution < -0.4 is 11.3 Å². The number of aryl methyl sites for hydroxylation is 2. The van der Waals surface area contributed by atoms with Gasteiger partial charge in [-0.05, 0) is 37.8 Å². The Kier molecular flexibility index (Phi) is 6.99. The van der Waals surface area contributed by atoms with Crippen LogP contribution in [0.5, 0.6) is 0 Å². The summed E-state index contributed by atoms with van der Waals surface area (Å²) in [4.78, 5) is 0. The van der Waals surface area contributed by atoms with Gasteiger partial charge < -0.3 is 0 Å². The molecule has 1 atom stereocenters. The van der Waals surface area contributed by atoms with E-state index >= 15 is 0 Å². The van der Waals surface area contributed by atoms with Crippen LogP contribution in [0.3, 0.4) is 0 Å². The number of rotatable bonds is 8. The van der Waals surface area contributed by atoms with Crippen LogP contribution in [-0.2, 0) is 6.42 Å². The number of unbranched alkanes of at least 4 members (excludes halogenated alkanes) is 3. The molecule has 0 saturated carbocycles. The fourth-order valence-corrected chi connectivity index (χ4v) is 2.35. The summed E-state index contributed by atoms with van der Waals surface area (Å²) < 4.78 is 0. The van der Waals surface area contributed by atoms with Crippen LogP contribution in [0.1, 0.15) is 55.7 Å². The highest BCUT2D eigenvalue weighted by Crippen LogP contribution is 2.15. The number of hydrazine groups is 1. The summed E-state index contributed by atoms with van der Waals surface area (Å²) in [5.41, 5.74) is 7.10. The molecule has 1 aromatic rings. The van der Waals surface area contributed by atoms with Crippen molar-refractivity contribution in [1.82, 2.24) is 5.43 Å². The van der Waals surface area contributed by atoms with E-state index in [4.69, 9.17) is 5.84 Å². The smallest absolute Gasteiger partial charge is 0.0251 e. The summed E-state index contributed by atoms with van der Waals surface area (Å²) in [6.07, 6.45) is 7.42. The van der Waals surface area contributed by atoms with Gasteiger partial charge >= 0.3 is 0 Å². The van der Waals surface area contributed by atoms with Crippen molar-refractivity contribution in [3.05, 3.63) is 34.9 Å². The quantitative estimate of drug-likeness (QED) is 0.419. The van der Waals surface area contributed by atoms with Crippen molar-refractivity contribution in [2.45, 2.75) is 65.3 Å².